The molecule has 1 atom stereocenters. The molecule has 1 saturated heterocycles. The molecule has 4 heteroatoms. The summed E-state index contributed by atoms with van der Waals surface area (Å²) in [5.74, 6) is 0.813. The van der Waals surface area contributed by atoms with Gasteiger partial charge in [-0.05, 0) is 66.7 Å². The molecule has 182 valence electrons. The standard InChI is InChI=1S/C33H28N2O2/c1-5-13-26(14-6-1)34(27-15-7-2-8-16-27)30-21-22-33(37-25-31-24-36-31)32(23-30)35(28-17-9-3-10-18-28)29-19-11-4-12-20-29/h1-23,31H,24-25H2. The van der Waals surface area contributed by atoms with E-state index in [9.17, 15) is 0 Å². The van der Waals surface area contributed by atoms with Gasteiger partial charge in [-0.15, -0.1) is 0 Å². The lowest BCUT2D eigenvalue weighted by atomic mass is 10.1. The van der Waals surface area contributed by atoms with Gasteiger partial charge in [0.05, 0.1) is 12.3 Å². The average molecular weight is 485 g/mol. The molecule has 5 aromatic carbocycles. The molecule has 0 aromatic heterocycles. The number of benzene rings is 5. The van der Waals surface area contributed by atoms with Crippen LogP contribution in [0.3, 0.4) is 0 Å². The molecule has 0 aliphatic carbocycles. The molecule has 37 heavy (non-hydrogen) atoms. The van der Waals surface area contributed by atoms with E-state index in [1.807, 2.05) is 24.3 Å². The van der Waals surface area contributed by atoms with Crippen LogP contribution in [0, 0.1) is 0 Å². The lowest BCUT2D eigenvalue weighted by molar-refractivity contribution is 0.264. The minimum Gasteiger partial charge on any atom is -0.489 e. The van der Waals surface area contributed by atoms with Gasteiger partial charge >= 0.3 is 0 Å². The van der Waals surface area contributed by atoms with Crippen LogP contribution >= 0.6 is 0 Å². The van der Waals surface area contributed by atoms with Crippen molar-refractivity contribution in [1.82, 2.24) is 0 Å². The van der Waals surface area contributed by atoms with Gasteiger partial charge < -0.3 is 19.3 Å². The first-order valence-corrected chi connectivity index (χ1v) is 12.6. The van der Waals surface area contributed by atoms with Crippen LogP contribution in [0.5, 0.6) is 5.75 Å². The monoisotopic (exact) mass is 484 g/mol. The van der Waals surface area contributed by atoms with Crippen LogP contribution in [0.25, 0.3) is 0 Å². The third-order valence-corrected chi connectivity index (χ3v) is 6.33. The van der Waals surface area contributed by atoms with E-state index in [1.54, 1.807) is 0 Å². The molecule has 5 aromatic rings. The highest BCUT2D eigenvalue weighted by atomic mass is 16.6. The molecular weight excluding hydrogens is 456 g/mol. The summed E-state index contributed by atoms with van der Waals surface area (Å²) >= 11 is 0. The SMILES string of the molecule is c1ccc(N(c2ccccc2)c2ccc(OCC3CO3)c(N(c3ccccc3)c3ccccc3)c2)cc1. The fraction of sp³-hybridized carbons (Fsp3) is 0.0909. The molecule has 0 N–H and O–H groups in total. The highest BCUT2D eigenvalue weighted by molar-refractivity contribution is 5.85. The van der Waals surface area contributed by atoms with Crippen molar-refractivity contribution in [3.8, 4) is 5.75 Å². The van der Waals surface area contributed by atoms with Gasteiger partial charge in [-0.1, -0.05) is 72.8 Å². The molecule has 0 saturated carbocycles. The predicted octanol–water partition coefficient (Wildman–Crippen LogP) is 8.40. The first kappa shape index (κ1) is 22.9. The van der Waals surface area contributed by atoms with Crippen molar-refractivity contribution in [1.29, 1.82) is 0 Å². The Morgan fingerprint density at radius 3 is 1.41 bits per heavy atom. The molecular formula is C33H28N2O2. The van der Waals surface area contributed by atoms with E-state index in [4.69, 9.17) is 9.47 Å². The van der Waals surface area contributed by atoms with Gasteiger partial charge in [-0.2, -0.15) is 0 Å². The highest BCUT2D eigenvalue weighted by Crippen LogP contribution is 2.44. The third kappa shape index (κ3) is 5.20. The normalized spacial score (nSPS) is 14.1. The van der Waals surface area contributed by atoms with E-state index in [2.05, 4.69) is 125 Å². The molecule has 1 aliphatic rings. The van der Waals surface area contributed by atoms with E-state index in [0.29, 0.717) is 6.61 Å². The Hall–Kier alpha value is -4.54. The minimum atomic E-state index is 0.166. The van der Waals surface area contributed by atoms with Crippen LogP contribution in [-0.2, 0) is 4.74 Å². The Balaban J connectivity index is 1.53. The van der Waals surface area contributed by atoms with Crippen molar-refractivity contribution < 1.29 is 9.47 Å². The summed E-state index contributed by atoms with van der Waals surface area (Å²) in [6.45, 7) is 1.29. The Kier molecular flexibility index (Phi) is 6.56. The lowest BCUT2D eigenvalue weighted by Crippen LogP contribution is -2.15. The van der Waals surface area contributed by atoms with Crippen molar-refractivity contribution >= 4 is 34.1 Å². The van der Waals surface area contributed by atoms with Crippen LogP contribution in [-0.4, -0.2) is 19.3 Å². The number of epoxide rings is 1. The van der Waals surface area contributed by atoms with Crippen molar-refractivity contribution in [3.05, 3.63) is 140 Å². The van der Waals surface area contributed by atoms with E-state index in [-0.39, 0.29) is 6.10 Å². The fourth-order valence-electron chi connectivity index (χ4n) is 4.47. The van der Waals surface area contributed by atoms with Crippen LogP contribution in [0.4, 0.5) is 34.1 Å². The molecule has 1 aliphatic heterocycles. The van der Waals surface area contributed by atoms with Gasteiger partial charge in [0.1, 0.15) is 18.5 Å². The predicted molar refractivity (Wildman–Crippen MR) is 151 cm³/mol. The van der Waals surface area contributed by atoms with E-state index in [0.717, 1.165) is 46.5 Å². The number of rotatable bonds is 9. The molecule has 6 rings (SSSR count). The zero-order valence-corrected chi connectivity index (χ0v) is 20.5. The molecule has 4 nitrogen and oxygen atoms in total. The van der Waals surface area contributed by atoms with Gasteiger partial charge in [-0.3, -0.25) is 0 Å². The quantitative estimate of drug-likeness (QED) is 0.196. The van der Waals surface area contributed by atoms with Crippen LogP contribution in [0.2, 0.25) is 0 Å². The van der Waals surface area contributed by atoms with Crippen LogP contribution < -0.4 is 14.5 Å². The van der Waals surface area contributed by atoms with Gasteiger partial charge in [0, 0.05) is 28.4 Å². The first-order valence-electron chi connectivity index (χ1n) is 12.6. The second-order valence-electron chi connectivity index (χ2n) is 8.93. The molecule has 0 spiro atoms. The van der Waals surface area contributed by atoms with Gasteiger partial charge in [-0.25, -0.2) is 0 Å². The average Bonchev–Trinajstić information content (AvgIpc) is 3.80. The molecule has 1 heterocycles. The topological polar surface area (TPSA) is 28.2 Å². The van der Waals surface area contributed by atoms with Crippen LogP contribution in [0.1, 0.15) is 0 Å². The molecule has 0 bridgehead atoms. The van der Waals surface area contributed by atoms with Crippen molar-refractivity contribution in [3.63, 3.8) is 0 Å². The third-order valence-electron chi connectivity index (χ3n) is 6.33. The number of hydrogen-bond donors (Lipinski definition) is 0. The maximum Gasteiger partial charge on any atom is 0.143 e. The van der Waals surface area contributed by atoms with Gasteiger partial charge in [0.25, 0.3) is 0 Å². The molecule has 0 radical (unpaired) electrons. The summed E-state index contributed by atoms with van der Waals surface area (Å²) in [4.78, 5) is 4.52. The number of para-hydroxylation sites is 4. The second kappa shape index (κ2) is 10.6. The number of ether oxygens (including phenoxy) is 2. The summed E-state index contributed by atoms with van der Waals surface area (Å²) in [6.07, 6.45) is 0.166. The first-order chi connectivity index (χ1) is 18.4. The van der Waals surface area contributed by atoms with E-state index < -0.39 is 0 Å². The maximum atomic E-state index is 6.35. The van der Waals surface area contributed by atoms with Crippen molar-refractivity contribution in [2.24, 2.45) is 0 Å². The Morgan fingerprint density at radius 1 is 0.541 bits per heavy atom. The number of nitrogens with zero attached hydrogens (tertiary/aromatic N) is 2. The largest absolute Gasteiger partial charge is 0.489 e. The summed E-state index contributed by atoms with van der Waals surface area (Å²) in [6, 6.07) is 48.1. The number of anilines is 6. The van der Waals surface area contributed by atoms with Crippen LogP contribution in [0.15, 0.2) is 140 Å². The van der Waals surface area contributed by atoms with E-state index >= 15 is 0 Å². The highest BCUT2D eigenvalue weighted by Gasteiger charge is 2.25. The maximum absolute atomic E-state index is 6.35. The summed E-state index contributed by atoms with van der Waals surface area (Å²) in [5.41, 5.74) is 6.30. The summed E-state index contributed by atoms with van der Waals surface area (Å²) < 4.78 is 11.8. The smallest absolute Gasteiger partial charge is 0.143 e. The minimum absolute atomic E-state index is 0.166. The summed E-state index contributed by atoms with van der Waals surface area (Å²) in [7, 11) is 0. The molecule has 1 unspecified atom stereocenters. The fourth-order valence-corrected chi connectivity index (χ4v) is 4.47. The Bertz CT molecular complexity index is 1340. The van der Waals surface area contributed by atoms with Crippen molar-refractivity contribution in [2.75, 3.05) is 23.0 Å². The van der Waals surface area contributed by atoms with Gasteiger partial charge in [0.15, 0.2) is 0 Å². The zero-order chi connectivity index (χ0) is 24.9. The zero-order valence-electron chi connectivity index (χ0n) is 20.5. The molecule has 0 amide bonds. The second-order valence-corrected chi connectivity index (χ2v) is 8.93. The Morgan fingerprint density at radius 2 is 0.973 bits per heavy atom. The lowest BCUT2D eigenvalue weighted by Gasteiger charge is -2.30. The molecule has 1 fully saturated rings. The summed E-state index contributed by atoms with van der Waals surface area (Å²) in [5, 5.41) is 0. The van der Waals surface area contributed by atoms with E-state index in [1.165, 1.54) is 0 Å². The number of hydrogen-bond acceptors (Lipinski definition) is 4. The Labute approximate surface area is 217 Å². The van der Waals surface area contributed by atoms with Crippen molar-refractivity contribution in [2.45, 2.75) is 6.10 Å². The van der Waals surface area contributed by atoms with Gasteiger partial charge in [0.2, 0.25) is 0 Å².